The molecule has 0 bridgehead atoms. The molecular formula is C13H18N6O2. The predicted molar refractivity (Wildman–Crippen MR) is 75.6 cm³/mol. The molecule has 2 aromatic heterocycles. The highest BCUT2D eigenvalue weighted by atomic mass is 16.5. The van der Waals surface area contributed by atoms with Crippen molar-refractivity contribution in [3.8, 4) is 11.9 Å². The van der Waals surface area contributed by atoms with Crippen LogP contribution in [0.2, 0.25) is 0 Å². The zero-order chi connectivity index (χ0) is 14.8. The number of ether oxygens (including phenoxy) is 2. The Morgan fingerprint density at radius 1 is 1.29 bits per heavy atom. The summed E-state index contributed by atoms with van der Waals surface area (Å²) in [6.07, 6.45) is 3.89. The molecular weight excluding hydrogens is 272 g/mol. The first-order valence-electron chi connectivity index (χ1n) is 6.83. The number of aromatic nitrogens is 5. The van der Waals surface area contributed by atoms with E-state index in [1.165, 1.54) is 7.11 Å². The summed E-state index contributed by atoms with van der Waals surface area (Å²) >= 11 is 0. The van der Waals surface area contributed by atoms with Gasteiger partial charge in [0.05, 0.1) is 20.3 Å². The summed E-state index contributed by atoms with van der Waals surface area (Å²) in [6, 6.07) is 0.362. The van der Waals surface area contributed by atoms with Crippen LogP contribution in [0.4, 0.5) is 5.82 Å². The van der Waals surface area contributed by atoms with E-state index in [0.717, 1.165) is 30.9 Å². The average Bonchev–Trinajstić information content (AvgIpc) is 3.14. The molecule has 0 spiro atoms. The zero-order valence-electron chi connectivity index (χ0n) is 12.3. The maximum atomic E-state index is 5.28. The fourth-order valence-electron chi connectivity index (χ4n) is 2.61. The van der Waals surface area contributed by atoms with E-state index in [-0.39, 0.29) is 12.1 Å². The Morgan fingerprint density at radius 3 is 2.81 bits per heavy atom. The molecule has 1 aliphatic heterocycles. The van der Waals surface area contributed by atoms with Crippen LogP contribution in [0.3, 0.4) is 0 Å². The molecule has 3 heterocycles. The smallest absolute Gasteiger partial charge is 0.337 e. The van der Waals surface area contributed by atoms with Crippen molar-refractivity contribution < 1.29 is 9.47 Å². The summed E-state index contributed by atoms with van der Waals surface area (Å²) < 4.78 is 10.4. The quantitative estimate of drug-likeness (QED) is 0.906. The summed E-state index contributed by atoms with van der Waals surface area (Å²) in [5.74, 6) is 1.97. The van der Waals surface area contributed by atoms with Crippen molar-refractivity contribution in [1.29, 1.82) is 0 Å². The van der Waals surface area contributed by atoms with Crippen molar-refractivity contribution in [2.75, 3.05) is 25.7 Å². The Hall–Kier alpha value is -2.38. The maximum Gasteiger partial charge on any atom is 0.337 e. The van der Waals surface area contributed by atoms with E-state index in [4.69, 9.17) is 9.47 Å². The SMILES string of the molecule is COc1nnc(OC)c(N2CCC[C@@H]2c2ncc(C)[nH]2)n1. The van der Waals surface area contributed by atoms with Crippen molar-refractivity contribution in [1.82, 2.24) is 25.1 Å². The molecule has 1 atom stereocenters. The lowest BCUT2D eigenvalue weighted by Crippen LogP contribution is -2.25. The van der Waals surface area contributed by atoms with E-state index in [1.807, 2.05) is 13.1 Å². The van der Waals surface area contributed by atoms with Gasteiger partial charge in [0.2, 0.25) is 0 Å². The van der Waals surface area contributed by atoms with E-state index in [0.29, 0.717) is 11.7 Å². The lowest BCUT2D eigenvalue weighted by atomic mass is 10.2. The van der Waals surface area contributed by atoms with Crippen LogP contribution in [0.15, 0.2) is 6.20 Å². The topological polar surface area (TPSA) is 89.1 Å². The van der Waals surface area contributed by atoms with E-state index in [1.54, 1.807) is 7.11 Å². The molecule has 1 saturated heterocycles. The lowest BCUT2D eigenvalue weighted by Gasteiger charge is -2.24. The highest BCUT2D eigenvalue weighted by Gasteiger charge is 2.32. The molecule has 21 heavy (non-hydrogen) atoms. The van der Waals surface area contributed by atoms with Crippen molar-refractivity contribution in [3.05, 3.63) is 17.7 Å². The van der Waals surface area contributed by atoms with Gasteiger partial charge in [-0.25, -0.2) is 4.98 Å². The van der Waals surface area contributed by atoms with Crippen LogP contribution in [0.25, 0.3) is 0 Å². The number of aromatic amines is 1. The van der Waals surface area contributed by atoms with Gasteiger partial charge in [-0.15, -0.1) is 5.10 Å². The number of anilines is 1. The van der Waals surface area contributed by atoms with Crippen molar-refractivity contribution >= 4 is 5.82 Å². The van der Waals surface area contributed by atoms with Gasteiger partial charge in [0, 0.05) is 18.4 Å². The normalized spacial score (nSPS) is 18.0. The third-order valence-electron chi connectivity index (χ3n) is 3.56. The third kappa shape index (κ3) is 2.48. The van der Waals surface area contributed by atoms with Gasteiger partial charge < -0.3 is 19.4 Å². The molecule has 0 aliphatic carbocycles. The minimum atomic E-state index is 0.133. The second kappa shape index (κ2) is 5.55. The van der Waals surface area contributed by atoms with E-state index < -0.39 is 0 Å². The molecule has 2 aromatic rings. The number of rotatable bonds is 4. The molecule has 3 rings (SSSR count). The van der Waals surface area contributed by atoms with Crippen molar-refractivity contribution in [3.63, 3.8) is 0 Å². The number of hydrogen-bond acceptors (Lipinski definition) is 7. The zero-order valence-corrected chi connectivity index (χ0v) is 12.3. The first-order chi connectivity index (χ1) is 10.2. The second-order valence-electron chi connectivity index (χ2n) is 4.93. The number of aryl methyl sites for hydroxylation is 1. The molecule has 0 radical (unpaired) electrons. The van der Waals surface area contributed by atoms with E-state index >= 15 is 0 Å². The van der Waals surface area contributed by atoms with Crippen LogP contribution in [0.1, 0.15) is 30.4 Å². The van der Waals surface area contributed by atoms with Crippen molar-refractivity contribution in [2.24, 2.45) is 0 Å². The van der Waals surface area contributed by atoms with E-state index in [2.05, 4.69) is 30.0 Å². The summed E-state index contributed by atoms with van der Waals surface area (Å²) in [5, 5.41) is 7.86. The number of hydrogen-bond donors (Lipinski definition) is 1. The van der Waals surface area contributed by atoms with Gasteiger partial charge in [0.25, 0.3) is 5.88 Å². The second-order valence-corrected chi connectivity index (χ2v) is 4.93. The summed E-state index contributed by atoms with van der Waals surface area (Å²) in [6.45, 7) is 2.86. The van der Waals surface area contributed by atoms with Crippen LogP contribution in [-0.4, -0.2) is 45.9 Å². The van der Waals surface area contributed by atoms with Gasteiger partial charge >= 0.3 is 6.01 Å². The summed E-state index contributed by atoms with van der Waals surface area (Å²) in [7, 11) is 3.08. The standard InChI is InChI=1S/C13H18N6O2/c1-8-7-14-10(15-8)9-5-4-6-19(9)11-12(20-2)17-18-13(16-11)21-3/h7,9H,4-6H2,1-3H3,(H,14,15)/t9-/m1/s1. The Morgan fingerprint density at radius 2 is 2.14 bits per heavy atom. The number of imidazole rings is 1. The highest BCUT2D eigenvalue weighted by Crippen LogP contribution is 2.37. The van der Waals surface area contributed by atoms with Gasteiger partial charge in [0.15, 0.2) is 5.82 Å². The van der Waals surface area contributed by atoms with Crippen LogP contribution in [-0.2, 0) is 0 Å². The number of H-pyrrole nitrogens is 1. The van der Waals surface area contributed by atoms with Crippen molar-refractivity contribution in [2.45, 2.75) is 25.8 Å². The Balaban J connectivity index is 1.98. The first kappa shape index (κ1) is 13.6. The number of nitrogens with one attached hydrogen (secondary N) is 1. The molecule has 0 unspecified atom stereocenters. The molecule has 1 fully saturated rings. The molecule has 8 nitrogen and oxygen atoms in total. The fraction of sp³-hybridized carbons (Fsp3) is 0.538. The van der Waals surface area contributed by atoms with Gasteiger partial charge in [-0.05, 0) is 19.8 Å². The maximum absolute atomic E-state index is 5.28. The summed E-state index contributed by atoms with van der Waals surface area (Å²) in [4.78, 5) is 14.3. The minimum absolute atomic E-state index is 0.133. The molecule has 0 saturated carbocycles. The monoisotopic (exact) mass is 290 g/mol. The summed E-state index contributed by atoms with van der Waals surface area (Å²) in [5.41, 5.74) is 1.04. The molecule has 8 heteroatoms. The number of methoxy groups -OCH3 is 2. The minimum Gasteiger partial charge on any atom is -0.477 e. The molecule has 1 aliphatic rings. The van der Waals surface area contributed by atoms with Crippen LogP contribution < -0.4 is 14.4 Å². The Labute approximate surface area is 122 Å². The largest absolute Gasteiger partial charge is 0.477 e. The molecule has 0 amide bonds. The molecule has 1 N–H and O–H groups in total. The lowest BCUT2D eigenvalue weighted by molar-refractivity contribution is 0.350. The van der Waals surface area contributed by atoms with Gasteiger partial charge in [0.1, 0.15) is 5.82 Å². The predicted octanol–water partition coefficient (Wildman–Crippen LogP) is 1.26. The molecule has 0 aromatic carbocycles. The average molecular weight is 290 g/mol. The van der Waals surface area contributed by atoms with Crippen LogP contribution in [0.5, 0.6) is 11.9 Å². The van der Waals surface area contributed by atoms with E-state index in [9.17, 15) is 0 Å². The van der Waals surface area contributed by atoms with Gasteiger partial charge in [-0.1, -0.05) is 5.10 Å². The third-order valence-corrected chi connectivity index (χ3v) is 3.56. The molecule has 112 valence electrons. The Bertz CT molecular complexity index is 629. The van der Waals surface area contributed by atoms with Crippen LogP contribution in [0, 0.1) is 6.92 Å². The fourth-order valence-corrected chi connectivity index (χ4v) is 2.61. The first-order valence-corrected chi connectivity index (χ1v) is 6.83. The Kier molecular flexibility index (Phi) is 3.59. The van der Waals surface area contributed by atoms with Gasteiger partial charge in [-0.3, -0.25) is 0 Å². The number of nitrogens with zero attached hydrogens (tertiary/aromatic N) is 5. The highest BCUT2D eigenvalue weighted by molar-refractivity contribution is 5.50. The van der Waals surface area contributed by atoms with Gasteiger partial charge in [-0.2, -0.15) is 4.98 Å². The van der Waals surface area contributed by atoms with Crippen LogP contribution >= 0.6 is 0 Å².